The van der Waals surface area contributed by atoms with E-state index in [9.17, 15) is 14.7 Å². The minimum Gasteiger partial charge on any atom is -0.466 e. The Morgan fingerprint density at radius 3 is 2.80 bits per heavy atom. The van der Waals surface area contributed by atoms with E-state index in [2.05, 4.69) is 10.6 Å². The van der Waals surface area contributed by atoms with Gasteiger partial charge < -0.3 is 20.2 Å². The van der Waals surface area contributed by atoms with Gasteiger partial charge in [0, 0.05) is 17.7 Å². The fraction of sp³-hybridized carbons (Fsp3) is 0.368. The molecule has 2 aromatic rings. The zero-order valence-corrected chi connectivity index (χ0v) is 14.6. The Morgan fingerprint density at radius 2 is 2.12 bits per heavy atom. The third-order valence-electron chi connectivity index (χ3n) is 4.54. The molecule has 0 unspecified atom stereocenters. The number of fused-ring (bicyclic) bond motifs is 1. The lowest BCUT2D eigenvalue weighted by atomic mass is 9.89. The average Bonchev–Trinajstić information content (AvgIpc) is 2.91. The minimum atomic E-state index is -1.26. The van der Waals surface area contributed by atoms with Gasteiger partial charge >= 0.3 is 0 Å². The molecule has 0 fully saturated rings. The van der Waals surface area contributed by atoms with Crippen molar-refractivity contribution in [2.24, 2.45) is 0 Å². The van der Waals surface area contributed by atoms with Gasteiger partial charge in [0.15, 0.2) is 0 Å². The molecule has 1 aliphatic rings. The first-order valence-corrected chi connectivity index (χ1v) is 8.24. The molecule has 6 heteroatoms. The number of amides is 2. The van der Waals surface area contributed by atoms with E-state index >= 15 is 0 Å². The molecule has 6 nitrogen and oxygen atoms in total. The summed E-state index contributed by atoms with van der Waals surface area (Å²) in [4.78, 5) is 24.5. The number of nitrogens with one attached hydrogen (secondary N) is 2. The number of carbonyl (C=O) groups is 2. The predicted octanol–water partition coefficient (Wildman–Crippen LogP) is 2.35. The lowest BCUT2D eigenvalue weighted by Gasteiger charge is -2.27. The van der Waals surface area contributed by atoms with Gasteiger partial charge in [0.1, 0.15) is 17.1 Å². The van der Waals surface area contributed by atoms with Crippen molar-refractivity contribution in [3.8, 4) is 0 Å². The topological polar surface area (TPSA) is 91.6 Å². The Balaban J connectivity index is 1.75. The Hall–Kier alpha value is -2.60. The molecule has 1 aliphatic heterocycles. The molecule has 0 spiro atoms. The first-order chi connectivity index (χ1) is 11.8. The molecule has 0 aliphatic carbocycles. The van der Waals surface area contributed by atoms with E-state index in [0.717, 1.165) is 5.56 Å². The van der Waals surface area contributed by atoms with Crippen molar-refractivity contribution in [1.82, 2.24) is 5.32 Å². The molecule has 0 saturated heterocycles. The smallest absolute Gasteiger partial charge is 0.228 e. The molecular weight excluding hydrogens is 320 g/mol. The zero-order chi connectivity index (χ0) is 18.2. The predicted molar refractivity (Wildman–Crippen MR) is 93.2 cm³/mol. The lowest BCUT2D eigenvalue weighted by Crippen LogP contribution is -2.42. The fourth-order valence-corrected chi connectivity index (χ4v) is 3.29. The normalized spacial score (nSPS) is 18.9. The number of para-hydroxylation sites is 1. The van der Waals surface area contributed by atoms with E-state index in [4.69, 9.17) is 4.42 Å². The molecule has 1 aromatic heterocycles. The molecule has 0 radical (unpaired) electrons. The van der Waals surface area contributed by atoms with Gasteiger partial charge in [0.25, 0.3) is 0 Å². The van der Waals surface area contributed by atoms with Crippen LogP contribution in [0.25, 0.3) is 0 Å². The number of rotatable bonds is 4. The maximum absolute atomic E-state index is 12.6. The van der Waals surface area contributed by atoms with Crippen molar-refractivity contribution in [2.45, 2.75) is 38.7 Å². The van der Waals surface area contributed by atoms with Crippen LogP contribution in [0.4, 0.5) is 5.69 Å². The van der Waals surface area contributed by atoms with Gasteiger partial charge in [-0.05, 0) is 38.5 Å². The van der Waals surface area contributed by atoms with E-state index in [-0.39, 0.29) is 24.8 Å². The molecule has 1 aromatic carbocycles. The highest BCUT2D eigenvalue weighted by molar-refractivity contribution is 6.01. The monoisotopic (exact) mass is 342 g/mol. The summed E-state index contributed by atoms with van der Waals surface area (Å²) in [5.41, 5.74) is 0.835. The van der Waals surface area contributed by atoms with Gasteiger partial charge in [0.2, 0.25) is 11.8 Å². The van der Waals surface area contributed by atoms with Crippen LogP contribution in [0, 0.1) is 13.8 Å². The van der Waals surface area contributed by atoms with Crippen LogP contribution in [-0.4, -0.2) is 23.5 Å². The van der Waals surface area contributed by atoms with Crippen LogP contribution in [0.1, 0.15) is 41.9 Å². The second kappa shape index (κ2) is 6.37. The Bertz CT molecular complexity index is 823. The second-order valence-corrected chi connectivity index (χ2v) is 6.71. The van der Waals surface area contributed by atoms with E-state index in [1.165, 1.54) is 0 Å². The van der Waals surface area contributed by atoms with Gasteiger partial charge in [-0.25, -0.2) is 0 Å². The van der Waals surface area contributed by atoms with E-state index in [1.807, 2.05) is 25.1 Å². The third kappa shape index (κ3) is 3.44. The van der Waals surface area contributed by atoms with Crippen molar-refractivity contribution in [1.29, 1.82) is 0 Å². The summed E-state index contributed by atoms with van der Waals surface area (Å²) in [6, 6.07) is 9.03. The molecular formula is C19H22N2O4. The van der Waals surface area contributed by atoms with Crippen molar-refractivity contribution in [2.75, 3.05) is 11.9 Å². The molecule has 2 heterocycles. The number of hydrogen-bond acceptors (Lipinski definition) is 4. The molecule has 132 valence electrons. The number of benzene rings is 1. The van der Waals surface area contributed by atoms with Crippen LogP contribution in [-0.2, 0) is 15.2 Å². The van der Waals surface area contributed by atoms with Gasteiger partial charge in [0.05, 0.1) is 12.5 Å². The standard InChI is InChI=1S/C19H22N2O4/c1-11-8-15(12(2)25-11)19(3,24)10-20-18(23)14-9-17(22)21-16-7-5-4-6-13(14)16/h4-8,14,24H,9-10H2,1-3H3,(H,20,23)(H,21,22)/t14-,19+/m0/s1. The van der Waals surface area contributed by atoms with Gasteiger partial charge in [-0.2, -0.15) is 0 Å². The van der Waals surface area contributed by atoms with Gasteiger partial charge in [-0.3, -0.25) is 9.59 Å². The van der Waals surface area contributed by atoms with Crippen LogP contribution in [0.5, 0.6) is 0 Å². The quantitative estimate of drug-likeness (QED) is 0.795. The number of hydrogen-bond donors (Lipinski definition) is 3. The molecule has 0 saturated carbocycles. The Morgan fingerprint density at radius 1 is 1.40 bits per heavy atom. The SMILES string of the molecule is Cc1cc([C@](C)(O)CNC(=O)[C@H]2CC(=O)Nc3ccccc32)c(C)o1. The first kappa shape index (κ1) is 17.2. The van der Waals surface area contributed by atoms with Gasteiger partial charge in [-0.15, -0.1) is 0 Å². The Kier molecular flexibility index (Phi) is 4.39. The van der Waals surface area contributed by atoms with E-state index < -0.39 is 11.5 Å². The summed E-state index contributed by atoms with van der Waals surface area (Å²) < 4.78 is 5.46. The summed E-state index contributed by atoms with van der Waals surface area (Å²) in [5, 5.41) is 16.3. The van der Waals surface area contributed by atoms with Crippen LogP contribution in [0.3, 0.4) is 0 Å². The molecule has 3 N–H and O–H groups in total. The largest absolute Gasteiger partial charge is 0.466 e. The minimum absolute atomic E-state index is 0.0337. The van der Waals surface area contributed by atoms with Crippen molar-refractivity contribution >= 4 is 17.5 Å². The summed E-state index contributed by atoms with van der Waals surface area (Å²) >= 11 is 0. The maximum atomic E-state index is 12.6. The summed E-state index contributed by atoms with van der Waals surface area (Å²) in [7, 11) is 0. The van der Waals surface area contributed by atoms with Crippen molar-refractivity contribution in [3.05, 3.63) is 53.0 Å². The van der Waals surface area contributed by atoms with Crippen molar-refractivity contribution < 1.29 is 19.1 Å². The number of furan rings is 1. The molecule has 25 heavy (non-hydrogen) atoms. The van der Waals surface area contributed by atoms with Crippen LogP contribution < -0.4 is 10.6 Å². The maximum Gasteiger partial charge on any atom is 0.228 e. The lowest BCUT2D eigenvalue weighted by molar-refractivity contribution is -0.127. The number of anilines is 1. The first-order valence-electron chi connectivity index (χ1n) is 8.24. The molecule has 3 rings (SSSR count). The number of carbonyl (C=O) groups excluding carboxylic acids is 2. The summed E-state index contributed by atoms with van der Waals surface area (Å²) in [6.45, 7) is 5.25. The van der Waals surface area contributed by atoms with Crippen LogP contribution in [0.2, 0.25) is 0 Å². The summed E-state index contributed by atoms with van der Waals surface area (Å²) in [6.07, 6.45) is 0.0921. The number of aliphatic hydroxyl groups is 1. The Labute approximate surface area is 146 Å². The highest BCUT2D eigenvalue weighted by Gasteiger charge is 2.33. The molecule has 2 amide bonds. The van der Waals surface area contributed by atoms with Crippen LogP contribution >= 0.6 is 0 Å². The second-order valence-electron chi connectivity index (χ2n) is 6.71. The van der Waals surface area contributed by atoms with Crippen molar-refractivity contribution in [3.63, 3.8) is 0 Å². The van der Waals surface area contributed by atoms with Gasteiger partial charge in [-0.1, -0.05) is 18.2 Å². The molecule has 0 bridgehead atoms. The molecule has 2 atom stereocenters. The average molecular weight is 342 g/mol. The van der Waals surface area contributed by atoms with E-state index in [0.29, 0.717) is 22.8 Å². The third-order valence-corrected chi connectivity index (χ3v) is 4.54. The number of aryl methyl sites for hydroxylation is 2. The van der Waals surface area contributed by atoms with Crippen LogP contribution in [0.15, 0.2) is 34.7 Å². The van der Waals surface area contributed by atoms with E-state index in [1.54, 1.807) is 26.0 Å². The zero-order valence-electron chi connectivity index (χ0n) is 14.6. The highest BCUT2D eigenvalue weighted by Crippen LogP contribution is 2.32. The summed E-state index contributed by atoms with van der Waals surface area (Å²) in [5.74, 6) is 0.302. The highest BCUT2D eigenvalue weighted by atomic mass is 16.3. The fourth-order valence-electron chi connectivity index (χ4n) is 3.29.